The van der Waals surface area contributed by atoms with Gasteiger partial charge in [-0.2, -0.15) is 4.98 Å². The maximum absolute atomic E-state index is 12.6. The second-order valence-electron chi connectivity index (χ2n) is 9.15. The number of carboxylic acids is 1. The first-order valence-corrected chi connectivity index (χ1v) is 13.0. The van der Waals surface area contributed by atoms with E-state index in [1.165, 1.54) is 18.3 Å². The number of fused-ring (bicyclic) bond motifs is 1. The molecule has 0 bridgehead atoms. The normalized spacial score (nSPS) is 11.4. The Bertz CT molecular complexity index is 1440. The highest BCUT2D eigenvalue weighted by atomic mass is 16.4. The number of carbonyl (C=O) groups excluding carboxylic acids is 3. The van der Waals surface area contributed by atoms with Crippen LogP contribution in [0.1, 0.15) is 54.6 Å². The van der Waals surface area contributed by atoms with Crippen LogP contribution in [0, 0.1) is 0 Å². The van der Waals surface area contributed by atoms with Crippen LogP contribution in [0.25, 0.3) is 11.2 Å². The molecule has 0 saturated heterocycles. The zero-order valence-electron chi connectivity index (χ0n) is 22.5. The molecule has 3 rings (SSSR count). The van der Waals surface area contributed by atoms with Crippen LogP contribution in [0.15, 0.2) is 35.3 Å². The molecule has 41 heavy (non-hydrogen) atoms. The van der Waals surface area contributed by atoms with Crippen LogP contribution in [0.2, 0.25) is 0 Å². The first kappa shape index (κ1) is 30.5. The third-order valence-corrected chi connectivity index (χ3v) is 6.05. The van der Waals surface area contributed by atoms with Crippen molar-refractivity contribution in [3.63, 3.8) is 0 Å². The van der Waals surface area contributed by atoms with Gasteiger partial charge in [0.15, 0.2) is 11.2 Å². The van der Waals surface area contributed by atoms with Crippen molar-refractivity contribution in [2.24, 2.45) is 0 Å². The van der Waals surface area contributed by atoms with Gasteiger partial charge < -0.3 is 32.1 Å². The standard InChI is InChI=1S/C26H33N9O6/c1-28-19(36)5-3-2-4-12-29-20(37)11-10-18(25(40)41)33-23(38)15-6-8-16(9-7-15)30-13-17-14-31-22-21(32-17)24(39)35-26(27)34-22/h6-9,14,18,30H,2-5,10-13H2,1H3,(H,28,36)(H,29,37)(H,33,38)(H,40,41)(H3,27,31,34,35,39). The average Bonchev–Trinajstić information content (AvgIpc) is 2.95. The number of rotatable bonds is 15. The highest BCUT2D eigenvalue weighted by Crippen LogP contribution is 2.12. The Labute approximate surface area is 234 Å². The van der Waals surface area contributed by atoms with E-state index in [0.717, 1.165) is 12.8 Å². The van der Waals surface area contributed by atoms with Gasteiger partial charge >= 0.3 is 5.97 Å². The Kier molecular flexibility index (Phi) is 11.1. The first-order chi connectivity index (χ1) is 19.7. The number of aromatic amines is 1. The molecule has 0 aliphatic heterocycles. The summed E-state index contributed by atoms with van der Waals surface area (Å²) >= 11 is 0. The Morgan fingerprint density at radius 2 is 1.78 bits per heavy atom. The van der Waals surface area contributed by atoms with Gasteiger partial charge in [-0.25, -0.2) is 14.8 Å². The summed E-state index contributed by atoms with van der Waals surface area (Å²) in [5.41, 5.74) is 6.57. The van der Waals surface area contributed by atoms with Gasteiger partial charge in [-0.1, -0.05) is 6.42 Å². The lowest BCUT2D eigenvalue weighted by atomic mass is 10.1. The SMILES string of the molecule is CNC(=O)CCCCCNC(=O)CCC(NC(=O)c1ccc(NCc2cnc3nc(N)[nH]c(=O)c3n2)cc1)C(=O)O. The lowest BCUT2D eigenvalue weighted by Gasteiger charge is -2.15. The molecule has 2 heterocycles. The van der Waals surface area contributed by atoms with Crippen LogP contribution >= 0.6 is 0 Å². The minimum atomic E-state index is -1.24. The zero-order chi connectivity index (χ0) is 29.8. The number of unbranched alkanes of at least 4 members (excludes halogenated alkanes) is 2. The van der Waals surface area contributed by atoms with Gasteiger partial charge in [0.25, 0.3) is 11.5 Å². The van der Waals surface area contributed by atoms with Crippen LogP contribution in [-0.4, -0.2) is 68.4 Å². The fraction of sp³-hybridized carbons (Fsp3) is 0.385. The van der Waals surface area contributed by atoms with Crippen molar-refractivity contribution < 1.29 is 24.3 Å². The second kappa shape index (κ2) is 14.9. The molecule has 3 aromatic rings. The quantitative estimate of drug-likeness (QED) is 0.123. The summed E-state index contributed by atoms with van der Waals surface area (Å²) in [6, 6.07) is 5.08. The number of nitrogens with two attached hydrogens (primary N) is 1. The molecule has 15 heteroatoms. The van der Waals surface area contributed by atoms with Gasteiger partial charge in [-0.3, -0.25) is 24.2 Å². The van der Waals surface area contributed by atoms with Crippen LogP contribution in [0.4, 0.5) is 11.6 Å². The van der Waals surface area contributed by atoms with Crippen molar-refractivity contribution >= 4 is 46.5 Å². The van der Waals surface area contributed by atoms with Crippen molar-refractivity contribution in [3.8, 4) is 0 Å². The predicted molar refractivity (Wildman–Crippen MR) is 150 cm³/mol. The third kappa shape index (κ3) is 9.56. The fourth-order valence-corrected chi connectivity index (χ4v) is 3.79. The topological polar surface area (TPSA) is 234 Å². The van der Waals surface area contributed by atoms with E-state index < -0.39 is 23.5 Å². The number of aliphatic carboxylic acids is 1. The molecule has 0 aliphatic carbocycles. The van der Waals surface area contributed by atoms with Crippen molar-refractivity contribution in [2.75, 3.05) is 24.6 Å². The van der Waals surface area contributed by atoms with Crippen LogP contribution < -0.4 is 32.6 Å². The third-order valence-electron chi connectivity index (χ3n) is 6.05. The number of nitrogens with one attached hydrogen (secondary N) is 5. The van der Waals surface area contributed by atoms with Crippen molar-refractivity contribution in [3.05, 3.63) is 52.1 Å². The number of carbonyl (C=O) groups is 4. The summed E-state index contributed by atoms with van der Waals surface area (Å²) in [7, 11) is 1.58. The molecular weight excluding hydrogens is 534 g/mol. The molecule has 1 atom stereocenters. The number of nitrogen functional groups attached to an aromatic ring is 1. The van der Waals surface area contributed by atoms with Gasteiger partial charge in [0.2, 0.25) is 17.8 Å². The van der Waals surface area contributed by atoms with Gasteiger partial charge in [0.05, 0.1) is 18.4 Å². The van der Waals surface area contributed by atoms with E-state index in [1.54, 1.807) is 19.2 Å². The number of H-pyrrole nitrogens is 1. The summed E-state index contributed by atoms with van der Waals surface area (Å²) < 4.78 is 0. The van der Waals surface area contributed by atoms with E-state index in [0.29, 0.717) is 30.8 Å². The second-order valence-corrected chi connectivity index (χ2v) is 9.15. The number of hydrogen-bond donors (Lipinski definition) is 7. The van der Waals surface area contributed by atoms with E-state index in [9.17, 15) is 29.1 Å². The predicted octanol–water partition coefficient (Wildman–Crippen LogP) is 0.293. The number of hydrogen-bond acceptors (Lipinski definition) is 10. The number of benzene rings is 1. The molecule has 0 radical (unpaired) electrons. The molecule has 1 aromatic carbocycles. The van der Waals surface area contributed by atoms with Crippen molar-refractivity contribution in [2.45, 2.75) is 51.1 Å². The van der Waals surface area contributed by atoms with E-state index in [2.05, 4.69) is 41.2 Å². The highest BCUT2D eigenvalue weighted by molar-refractivity contribution is 5.97. The molecular formula is C26H33N9O6. The minimum absolute atomic E-state index is 0.0274. The summed E-state index contributed by atoms with van der Waals surface area (Å²) in [5.74, 6) is -2.22. The van der Waals surface area contributed by atoms with Gasteiger partial charge in [0.1, 0.15) is 6.04 Å². The molecule has 218 valence electrons. The zero-order valence-corrected chi connectivity index (χ0v) is 22.5. The largest absolute Gasteiger partial charge is 0.480 e. The molecule has 2 aromatic heterocycles. The van der Waals surface area contributed by atoms with Gasteiger partial charge in [-0.15, -0.1) is 0 Å². The molecule has 0 saturated carbocycles. The lowest BCUT2D eigenvalue weighted by Crippen LogP contribution is -2.41. The lowest BCUT2D eigenvalue weighted by molar-refractivity contribution is -0.139. The maximum atomic E-state index is 12.6. The van der Waals surface area contributed by atoms with E-state index in [4.69, 9.17) is 5.73 Å². The van der Waals surface area contributed by atoms with Crippen LogP contribution in [0.5, 0.6) is 0 Å². The summed E-state index contributed by atoms with van der Waals surface area (Å²) in [5, 5.41) is 20.3. The fourth-order valence-electron chi connectivity index (χ4n) is 3.79. The Morgan fingerprint density at radius 1 is 1.02 bits per heavy atom. The highest BCUT2D eigenvalue weighted by Gasteiger charge is 2.21. The Hall–Kier alpha value is -5.08. The Balaban J connectivity index is 1.44. The van der Waals surface area contributed by atoms with Crippen LogP contribution in [-0.2, 0) is 20.9 Å². The molecule has 0 spiro atoms. The minimum Gasteiger partial charge on any atom is -0.480 e. The molecule has 0 aliphatic rings. The molecule has 3 amide bonds. The summed E-state index contributed by atoms with van der Waals surface area (Å²) in [4.78, 5) is 74.2. The first-order valence-electron chi connectivity index (χ1n) is 13.0. The maximum Gasteiger partial charge on any atom is 0.326 e. The van der Waals surface area contributed by atoms with E-state index >= 15 is 0 Å². The van der Waals surface area contributed by atoms with E-state index in [1.807, 2.05) is 0 Å². The molecule has 15 nitrogen and oxygen atoms in total. The van der Waals surface area contributed by atoms with Gasteiger partial charge in [0, 0.05) is 37.7 Å². The molecule has 0 fully saturated rings. The number of carboxylic acid groups (broad SMARTS) is 1. The number of amides is 3. The Morgan fingerprint density at radius 3 is 2.49 bits per heavy atom. The van der Waals surface area contributed by atoms with Crippen molar-refractivity contribution in [1.82, 2.24) is 35.9 Å². The average molecular weight is 568 g/mol. The number of aromatic nitrogens is 4. The van der Waals surface area contributed by atoms with Crippen molar-refractivity contribution in [1.29, 1.82) is 0 Å². The smallest absolute Gasteiger partial charge is 0.326 e. The molecule has 1 unspecified atom stereocenters. The van der Waals surface area contributed by atoms with Crippen LogP contribution in [0.3, 0.4) is 0 Å². The summed E-state index contributed by atoms with van der Waals surface area (Å²) in [6.45, 7) is 0.659. The van der Waals surface area contributed by atoms with Gasteiger partial charge in [-0.05, 0) is 43.5 Å². The monoisotopic (exact) mass is 567 g/mol. The number of nitrogens with zero attached hydrogens (tertiary/aromatic N) is 3. The number of anilines is 2. The summed E-state index contributed by atoms with van der Waals surface area (Å²) in [6.07, 6.45) is 3.96. The molecule has 8 N–H and O–H groups in total. The van der Waals surface area contributed by atoms with E-state index in [-0.39, 0.29) is 53.9 Å².